The van der Waals surface area contributed by atoms with Gasteiger partial charge in [-0.2, -0.15) is 0 Å². The highest BCUT2D eigenvalue weighted by atomic mass is 32.1. The summed E-state index contributed by atoms with van der Waals surface area (Å²) < 4.78 is 10.5. The molecule has 1 unspecified atom stereocenters. The Labute approximate surface area is 171 Å². The van der Waals surface area contributed by atoms with Gasteiger partial charge in [0.25, 0.3) is 0 Å². The van der Waals surface area contributed by atoms with E-state index in [1.165, 1.54) is 16.9 Å². The van der Waals surface area contributed by atoms with Crippen molar-refractivity contribution in [2.24, 2.45) is 5.92 Å². The molecule has 0 spiro atoms. The molecule has 0 radical (unpaired) electrons. The number of esters is 1. The summed E-state index contributed by atoms with van der Waals surface area (Å²) in [5, 5.41) is 2.05. The van der Waals surface area contributed by atoms with E-state index in [1.54, 1.807) is 12.3 Å². The molecule has 1 heterocycles. The van der Waals surface area contributed by atoms with E-state index in [-0.39, 0.29) is 24.8 Å². The van der Waals surface area contributed by atoms with Gasteiger partial charge >= 0.3 is 5.97 Å². The first-order valence-electron chi connectivity index (χ1n) is 9.78. The largest absolute Gasteiger partial charge is 0.485 e. The van der Waals surface area contributed by atoms with E-state index in [9.17, 15) is 9.59 Å². The summed E-state index contributed by atoms with van der Waals surface area (Å²) in [4.78, 5) is 28.0. The van der Waals surface area contributed by atoms with Crippen LogP contribution in [-0.4, -0.2) is 30.0 Å². The lowest BCUT2D eigenvalue weighted by Gasteiger charge is -2.18. The van der Waals surface area contributed by atoms with Crippen molar-refractivity contribution in [1.82, 2.24) is 4.98 Å². The first-order chi connectivity index (χ1) is 13.4. The highest BCUT2D eigenvalue weighted by molar-refractivity contribution is 7.11. The van der Waals surface area contributed by atoms with E-state index < -0.39 is 0 Å². The van der Waals surface area contributed by atoms with Crippen LogP contribution in [0.5, 0.6) is 5.75 Å². The van der Waals surface area contributed by atoms with Crippen LogP contribution >= 0.6 is 11.3 Å². The first kappa shape index (κ1) is 22.1. The second kappa shape index (κ2) is 11.0. The second-order valence-electron chi connectivity index (χ2n) is 7.14. The van der Waals surface area contributed by atoms with Crippen LogP contribution < -0.4 is 4.74 Å². The van der Waals surface area contributed by atoms with Gasteiger partial charge in [-0.3, -0.25) is 9.59 Å². The van der Waals surface area contributed by atoms with Crippen LogP contribution in [0.25, 0.3) is 0 Å². The van der Waals surface area contributed by atoms with Gasteiger partial charge in [0.05, 0.1) is 18.7 Å². The Hall–Kier alpha value is -2.21. The number of benzene rings is 1. The summed E-state index contributed by atoms with van der Waals surface area (Å²) in [7, 11) is 0. The molecule has 0 saturated carbocycles. The maximum Gasteiger partial charge on any atom is 0.311 e. The number of Topliss-reactive ketones (excluding diaryl/α,β-unsaturated/α-hetero) is 1. The quantitative estimate of drug-likeness (QED) is 0.388. The summed E-state index contributed by atoms with van der Waals surface area (Å²) in [5.41, 5.74) is 1.85. The fourth-order valence-electron chi connectivity index (χ4n) is 3.03. The molecule has 0 N–H and O–H groups in total. The number of hydrogen-bond donors (Lipinski definition) is 0. The fraction of sp³-hybridized carbons (Fsp3) is 0.500. The molecule has 2 rings (SSSR count). The van der Waals surface area contributed by atoms with Crippen LogP contribution in [0.3, 0.4) is 0 Å². The number of aromatic nitrogens is 1. The highest BCUT2D eigenvalue weighted by Gasteiger charge is 2.15. The zero-order chi connectivity index (χ0) is 20.5. The van der Waals surface area contributed by atoms with Gasteiger partial charge < -0.3 is 9.47 Å². The van der Waals surface area contributed by atoms with Crippen molar-refractivity contribution < 1.29 is 19.1 Å². The van der Waals surface area contributed by atoms with Crippen molar-refractivity contribution in [3.63, 3.8) is 0 Å². The lowest BCUT2D eigenvalue weighted by molar-refractivity contribution is -0.142. The summed E-state index contributed by atoms with van der Waals surface area (Å²) in [6.45, 7) is 8.70. The Bertz CT molecular complexity index is 767. The summed E-state index contributed by atoms with van der Waals surface area (Å²) >= 11 is 1.22. The van der Waals surface area contributed by atoms with E-state index >= 15 is 0 Å². The average Bonchev–Trinajstić information content (AvgIpc) is 3.13. The second-order valence-corrected chi connectivity index (χ2v) is 8.00. The monoisotopic (exact) mass is 403 g/mol. The molecule has 1 atom stereocenters. The van der Waals surface area contributed by atoms with E-state index in [0.717, 1.165) is 12.8 Å². The van der Waals surface area contributed by atoms with Crippen molar-refractivity contribution in [2.75, 3.05) is 13.2 Å². The molecule has 1 aromatic carbocycles. The number of nitrogens with zero attached hydrogens (tertiary/aromatic N) is 1. The molecule has 1 aromatic heterocycles. The summed E-state index contributed by atoms with van der Waals surface area (Å²) in [5.74, 6) is 1.33. The van der Waals surface area contributed by atoms with E-state index in [4.69, 9.17) is 9.47 Å². The molecular formula is C22H29NO4S. The summed E-state index contributed by atoms with van der Waals surface area (Å²) in [6.07, 6.45) is 2.34. The molecule has 152 valence electrons. The Morgan fingerprint density at radius 1 is 1.14 bits per heavy atom. The third-order valence-corrected chi connectivity index (χ3v) is 5.32. The van der Waals surface area contributed by atoms with Crippen molar-refractivity contribution in [3.05, 3.63) is 45.9 Å². The minimum absolute atomic E-state index is 0.0745. The number of carbonyl (C=O) groups excluding carboxylic acids is 2. The Balaban J connectivity index is 1.89. The number of rotatable bonds is 11. The minimum Gasteiger partial charge on any atom is -0.485 e. The molecule has 0 saturated heterocycles. The molecule has 0 amide bonds. The number of ether oxygens (including phenoxy) is 2. The molecule has 28 heavy (non-hydrogen) atoms. The first-order valence-corrected chi connectivity index (χ1v) is 10.7. The van der Waals surface area contributed by atoms with Gasteiger partial charge in [-0.15, -0.1) is 11.3 Å². The van der Waals surface area contributed by atoms with Gasteiger partial charge in [0.2, 0.25) is 5.78 Å². The zero-order valence-corrected chi connectivity index (χ0v) is 17.9. The molecule has 5 nitrogen and oxygen atoms in total. The predicted molar refractivity (Wildman–Crippen MR) is 111 cm³/mol. The Morgan fingerprint density at radius 3 is 2.46 bits per heavy atom. The lowest BCUT2D eigenvalue weighted by Crippen LogP contribution is -2.12. The molecule has 0 aliphatic carbocycles. The third-order valence-electron chi connectivity index (χ3n) is 4.39. The minimum atomic E-state index is -0.342. The van der Waals surface area contributed by atoms with E-state index in [1.807, 2.05) is 12.1 Å². The zero-order valence-electron chi connectivity index (χ0n) is 17.1. The van der Waals surface area contributed by atoms with E-state index in [0.29, 0.717) is 34.9 Å². The van der Waals surface area contributed by atoms with Gasteiger partial charge in [-0.1, -0.05) is 32.9 Å². The molecule has 0 fully saturated rings. The maximum absolute atomic E-state index is 12.3. The maximum atomic E-state index is 12.3. The van der Waals surface area contributed by atoms with Gasteiger partial charge in [0.1, 0.15) is 5.75 Å². The smallest absolute Gasteiger partial charge is 0.311 e. The number of ketones is 1. The van der Waals surface area contributed by atoms with Crippen LogP contribution in [-0.2, 0) is 16.0 Å². The molecule has 0 aliphatic heterocycles. The highest BCUT2D eigenvalue weighted by Crippen LogP contribution is 2.28. The predicted octanol–water partition coefficient (Wildman–Crippen LogP) is 5.05. The van der Waals surface area contributed by atoms with Crippen molar-refractivity contribution in [1.29, 1.82) is 0 Å². The Kier molecular flexibility index (Phi) is 8.64. The molecular weight excluding hydrogens is 374 g/mol. The Morgan fingerprint density at radius 2 is 1.86 bits per heavy atom. The van der Waals surface area contributed by atoms with Gasteiger partial charge in [-0.25, -0.2) is 4.98 Å². The van der Waals surface area contributed by atoms with E-state index in [2.05, 4.69) is 37.9 Å². The standard InChI is InChI=1S/C22H29NO4S/c1-5-16(11-15(3)4)17-7-9-19(10-8-17)27-13-20(24)22-23-18(14-28-22)12-21(25)26-6-2/h7-10,14-16H,5-6,11-13H2,1-4H3. The topological polar surface area (TPSA) is 65.5 Å². The van der Waals surface area contributed by atoms with Crippen LogP contribution in [0.2, 0.25) is 0 Å². The number of hydrogen-bond acceptors (Lipinski definition) is 6. The van der Waals surface area contributed by atoms with Crippen molar-refractivity contribution in [2.45, 2.75) is 52.9 Å². The van der Waals surface area contributed by atoms with Crippen LogP contribution in [0.15, 0.2) is 29.6 Å². The van der Waals surface area contributed by atoms with Gasteiger partial charge in [0.15, 0.2) is 11.6 Å². The van der Waals surface area contributed by atoms with Crippen molar-refractivity contribution in [3.8, 4) is 5.75 Å². The van der Waals surface area contributed by atoms with Crippen LogP contribution in [0.4, 0.5) is 0 Å². The average molecular weight is 404 g/mol. The van der Waals surface area contributed by atoms with Gasteiger partial charge in [0, 0.05) is 5.38 Å². The SMILES string of the molecule is CCOC(=O)Cc1csc(C(=O)COc2ccc(C(CC)CC(C)C)cc2)n1. The molecule has 6 heteroatoms. The number of carbonyl (C=O) groups is 2. The van der Waals surface area contributed by atoms with Gasteiger partial charge in [-0.05, 0) is 49.3 Å². The normalized spacial score (nSPS) is 12.0. The van der Waals surface area contributed by atoms with Crippen LogP contribution in [0, 0.1) is 5.92 Å². The van der Waals surface area contributed by atoms with Crippen molar-refractivity contribution >= 4 is 23.1 Å². The molecule has 2 aromatic rings. The molecule has 0 bridgehead atoms. The molecule has 0 aliphatic rings. The number of thiazole rings is 1. The third kappa shape index (κ3) is 6.75. The lowest BCUT2D eigenvalue weighted by atomic mass is 9.88. The van der Waals surface area contributed by atoms with Crippen LogP contribution in [0.1, 0.15) is 67.5 Å². The fourth-order valence-corrected chi connectivity index (χ4v) is 3.77. The summed E-state index contributed by atoms with van der Waals surface area (Å²) in [6, 6.07) is 7.99.